The Kier molecular flexibility index (Phi) is 5.31. The van der Waals surface area contributed by atoms with E-state index in [4.69, 9.17) is 21.8 Å². The van der Waals surface area contributed by atoms with Gasteiger partial charge in [-0.1, -0.05) is 20.8 Å². The number of nitrogens with zero attached hydrogens (tertiary/aromatic N) is 3. The molecule has 0 bridgehead atoms. The van der Waals surface area contributed by atoms with E-state index in [-0.39, 0.29) is 22.1 Å². The predicted molar refractivity (Wildman–Crippen MR) is 76.6 cm³/mol. The van der Waals surface area contributed by atoms with Gasteiger partial charge in [0, 0.05) is 18.3 Å². The van der Waals surface area contributed by atoms with Crippen LogP contribution in [-0.2, 0) is 6.54 Å². The van der Waals surface area contributed by atoms with Crippen molar-refractivity contribution in [1.29, 1.82) is 0 Å². The Bertz CT molecular complexity index is 531. The number of hydrogen-bond donors (Lipinski definition) is 3. The summed E-state index contributed by atoms with van der Waals surface area (Å²) in [7, 11) is 0. The molecule has 1 aromatic heterocycles. The Balaban J connectivity index is 3.00. The summed E-state index contributed by atoms with van der Waals surface area (Å²) in [6.07, 6.45) is -1.84. The Hall–Kier alpha value is -2.09. The lowest BCUT2D eigenvalue weighted by atomic mass is 9.97. The van der Waals surface area contributed by atoms with Gasteiger partial charge in [-0.3, -0.25) is 0 Å². The lowest BCUT2D eigenvalue weighted by Crippen LogP contribution is -2.34. The van der Waals surface area contributed by atoms with E-state index in [9.17, 15) is 9.59 Å². The van der Waals surface area contributed by atoms with Crippen LogP contribution in [0, 0.1) is 5.41 Å². The molecule has 0 saturated heterocycles. The number of aromatic nitrogens is 2. The van der Waals surface area contributed by atoms with Gasteiger partial charge in [-0.05, 0) is 17.0 Å². The van der Waals surface area contributed by atoms with Crippen LogP contribution in [0.3, 0.4) is 0 Å². The highest BCUT2D eigenvalue weighted by Gasteiger charge is 2.22. The standard InChI is InChI=1S/C12H17ClN4O4/c1-12(2,3)6-15-8-7(4-14-9(13)16-8)5-17(10(18)19)11(20)21/h4H,5-6H2,1-3H3,(H,18,19)(H,20,21)(H,14,15,16). The third-order valence-electron chi connectivity index (χ3n) is 2.41. The van der Waals surface area contributed by atoms with Crippen LogP contribution in [0.4, 0.5) is 15.4 Å². The van der Waals surface area contributed by atoms with E-state index in [1.807, 2.05) is 20.8 Å². The number of nitrogens with one attached hydrogen (secondary N) is 1. The zero-order chi connectivity index (χ0) is 16.2. The van der Waals surface area contributed by atoms with Crippen LogP contribution in [0.25, 0.3) is 0 Å². The van der Waals surface area contributed by atoms with Crippen molar-refractivity contribution in [3.05, 3.63) is 17.0 Å². The monoisotopic (exact) mass is 316 g/mol. The molecule has 0 fully saturated rings. The Morgan fingerprint density at radius 1 is 1.33 bits per heavy atom. The minimum Gasteiger partial charge on any atom is -0.465 e. The molecule has 0 spiro atoms. The first kappa shape index (κ1) is 17.0. The molecule has 0 saturated carbocycles. The van der Waals surface area contributed by atoms with E-state index < -0.39 is 12.2 Å². The van der Waals surface area contributed by atoms with Crippen LogP contribution >= 0.6 is 11.6 Å². The van der Waals surface area contributed by atoms with Crippen molar-refractivity contribution in [2.45, 2.75) is 27.3 Å². The van der Waals surface area contributed by atoms with Crippen molar-refractivity contribution in [3.8, 4) is 0 Å². The quantitative estimate of drug-likeness (QED) is 0.731. The SMILES string of the molecule is CC(C)(C)CNc1nc(Cl)ncc1CN(C(=O)O)C(=O)O. The second kappa shape index (κ2) is 6.57. The average molecular weight is 317 g/mol. The van der Waals surface area contributed by atoms with Crippen LogP contribution in [0.5, 0.6) is 0 Å². The number of hydrogen-bond acceptors (Lipinski definition) is 5. The van der Waals surface area contributed by atoms with Gasteiger partial charge in [-0.15, -0.1) is 0 Å². The molecule has 9 heteroatoms. The van der Waals surface area contributed by atoms with E-state index in [0.717, 1.165) is 0 Å². The number of amides is 2. The molecule has 2 amide bonds. The Morgan fingerprint density at radius 3 is 2.38 bits per heavy atom. The topological polar surface area (TPSA) is 116 Å². The molecular formula is C12H17ClN4O4. The lowest BCUT2D eigenvalue weighted by Gasteiger charge is -2.21. The first-order valence-electron chi connectivity index (χ1n) is 6.09. The fourth-order valence-electron chi connectivity index (χ4n) is 1.39. The highest BCUT2D eigenvalue weighted by atomic mass is 35.5. The number of imide groups is 1. The maximum Gasteiger partial charge on any atom is 0.417 e. The Morgan fingerprint density at radius 2 is 1.90 bits per heavy atom. The van der Waals surface area contributed by atoms with Gasteiger partial charge in [0.25, 0.3) is 0 Å². The largest absolute Gasteiger partial charge is 0.465 e. The molecule has 0 aromatic carbocycles. The molecule has 0 aliphatic carbocycles. The number of rotatable bonds is 4. The van der Waals surface area contributed by atoms with Gasteiger partial charge in [0.1, 0.15) is 5.82 Å². The van der Waals surface area contributed by atoms with Crippen molar-refractivity contribution in [3.63, 3.8) is 0 Å². The summed E-state index contributed by atoms with van der Waals surface area (Å²) in [5, 5.41) is 20.8. The smallest absolute Gasteiger partial charge is 0.417 e. The molecule has 21 heavy (non-hydrogen) atoms. The van der Waals surface area contributed by atoms with E-state index in [1.165, 1.54) is 6.20 Å². The van der Waals surface area contributed by atoms with Crippen LogP contribution in [-0.4, -0.2) is 43.8 Å². The molecule has 1 aromatic rings. The molecule has 8 nitrogen and oxygen atoms in total. The van der Waals surface area contributed by atoms with Crippen LogP contribution in [0.15, 0.2) is 6.20 Å². The van der Waals surface area contributed by atoms with E-state index in [2.05, 4.69) is 15.3 Å². The normalized spacial score (nSPS) is 11.0. The minimum atomic E-state index is -1.57. The fraction of sp³-hybridized carbons (Fsp3) is 0.500. The van der Waals surface area contributed by atoms with Crippen LogP contribution in [0.2, 0.25) is 5.28 Å². The summed E-state index contributed by atoms with van der Waals surface area (Å²) in [6, 6.07) is 0. The molecule has 0 aliphatic heterocycles. The van der Waals surface area contributed by atoms with Gasteiger partial charge < -0.3 is 15.5 Å². The molecule has 3 N–H and O–H groups in total. The number of carboxylic acid groups (broad SMARTS) is 2. The Labute approximate surface area is 126 Å². The second-order valence-electron chi connectivity index (χ2n) is 5.58. The molecule has 1 rings (SSSR count). The number of carbonyl (C=O) groups is 2. The van der Waals surface area contributed by atoms with E-state index in [0.29, 0.717) is 17.9 Å². The predicted octanol–water partition coefficient (Wildman–Crippen LogP) is 2.75. The molecule has 116 valence electrons. The van der Waals surface area contributed by atoms with Crippen molar-refractivity contribution < 1.29 is 19.8 Å². The van der Waals surface area contributed by atoms with Crippen LogP contribution < -0.4 is 5.32 Å². The third kappa shape index (κ3) is 5.42. The van der Waals surface area contributed by atoms with Crippen molar-refractivity contribution in [2.75, 3.05) is 11.9 Å². The van der Waals surface area contributed by atoms with Crippen molar-refractivity contribution in [2.24, 2.45) is 5.41 Å². The average Bonchev–Trinajstić information content (AvgIpc) is 2.33. The zero-order valence-electron chi connectivity index (χ0n) is 11.9. The first-order chi connectivity index (χ1) is 9.60. The second-order valence-corrected chi connectivity index (χ2v) is 5.92. The maximum absolute atomic E-state index is 10.9. The molecule has 0 unspecified atom stereocenters. The first-order valence-corrected chi connectivity index (χ1v) is 6.46. The molecule has 0 radical (unpaired) electrons. The lowest BCUT2D eigenvalue weighted by molar-refractivity contribution is 0.120. The molecular weight excluding hydrogens is 300 g/mol. The van der Waals surface area contributed by atoms with Gasteiger partial charge in [-0.2, -0.15) is 0 Å². The van der Waals surface area contributed by atoms with E-state index >= 15 is 0 Å². The van der Waals surface area contributed by atoms with Gasteiger partial charge in [0.15, 0.2) is 0 Å². The van der Waals surface area contributed by atoms with Crippen molar-refractivity contribution in [1.82, 2.24) is 14.9 Å². The molecule has 0 aliphatic rings. The summed E-state index contributed by atoms with van der Waals surface area (Å²) in [5.41, 5.74) is 0.280. The highest BCUT2D eigenvalue weighted by Crippen LogP contribution is 2.20. The number of anilines is 1. The molecule has 1 heterocycles. The third-order valence-corrected chi connectivity index (χ3v) is 2.59. The summed E-state index contributed by atoms with van der Waals surface area (Å²) in [4.78, 5) is 29.8. The summed E-state index contributed by atoms with van der Waals surface area (Å²) in [6.45, 7) is 6.18. The van der Waals surface area contributed by atoms with Crippen molar-refractivity contribution >= 4 is 29.6 Å². The maximum atomic E-state index is 10.9. The van der Waals surface area contributed by atoms with E-state index in [1.54, 1.807) is 0 Å². The molecule has 0 atom stereocenters. The summed E-state index contributed by atoms with van der Waals surface area (Å²) in [5.74, 6) is 0.317. The summed E-state index contributed by atoms with van der Waals surface area (Å²) < 4.78 is 0. The van der Waals surface area contributed by atoms with Crippen LogP contribution in [0.1, 0.15) is 26.3 Å². The van der Waals surface area contributed by atoms with Gasteiger partial charge in [0.05, 0.1) is 6.54 Å². The minimum absolute atomic E-state index is 0.00707. The number of halogens is 1. The zero-order valence-corrected chi connectivity index (χ0v) is 12.7. The highest BCUT2D eigenvalue weighted by molar-refractivity contribution is 6.28. The van der Waals surface area contributed by atoms with Gasteiger partial charge in [0.2, 0.25) is 5.28 Å². The summed E-state index contributed by atoms with van der Waals surface area (Å²) >= 11 is 5.72. The fourth-order valence-corrected chi connectivity index (χ4v) is 1.52. The van der Waals surface area contributed by atoms with Gasteiger partial charge >= 0.3 is 12.2 Å². The van der Waals surface area contributed by atoms with Gasteiger partial charge in [-0.25, -0.2) is 24.5 Å².